The first-order chi connectivity index (χ1) is 14.4. The number of nitro groups is 1. The van der Waals surface area contributed by atoms with Crippen LogP contribution in [0.25, 0.3) is 16.4 Å². The van der Waals surface area contributed by atoms with Gasteiger partial charge in [-0.25, -0.2) is 4.79 Å². The van der Waals surface area contributed by atoms with E-state index in [2.05, 4.69) is 0 Å². The Hall–Kier alpha value is -4.00. The third-order valence-electron chi connectivity index (χ3n) is 5.03. The van der Waals surface area contributed by atoms with Gasteiger partial charge in [0.1, 0.15) is 0 Å². The summed E-state index contributed by atoms with van der Waals surface area (Å²) in [6.07, 6.45) is 0. The summed E-state index contributed by atoms with van der Waals surface area (Å²) in [7, 11) is 0. The number of aryl methyl sites for hydroxylation is 1. The fourth-order valence-corrected chi connectivity index (χ4v) is 3.63. The van der Waals surface area contributed by atoms with Crippen LogP contribution in [0.4, 0.5) is 5.69 Å². The number of ether oxygens (including phenoxy) is 1. The van der Waals surface area contributed by atoms with Crippen LogP contribution in [0.2, 0.25) is 0 Å². The lowest BCUT2D eigenvalue weighted by atomic mass is 10.1. The van der Waals surface area contributed by atoms with Crippen molar-refractivity contribution in [3.8, 4) is 0 Å². The van der Waals surface area contributed by atoms with Gasteiger partial charge < -0.3 is 9.14 Å². The van der Waals surface area contributed by atoms with Crippen LogP contribution in [0.5, 0.6) is 0 Å². The maximum absolute atomic E-state index is 13.3. The number of fused-ring (bicyclic) bond motifs is 3. The second-order valence-electron chi connectivity index (χ2n) is 6.86. The summed E-state index contributed by atoms with van der Waals surface area (Å²) in [6, 6.07) is 16.4. The minimum atomic E-state index is -0.518. The molecule has 0 unspecified atom stereocenters. The molecule has 0 saturated heterocycles. The molecule has 0 atom stereocenters. The molecule has 0 N–H and O–H groups in total. The van der Waals surface area contributed by atoms with Gasteiger partial charge >= 0.3 is 5.97 Å². The minimum absolute atomic E-state index is 0.0974. The van der Waals surface area contributed by atoms with Gasteiger partial charge in [0, 0.05) is 23.1 Å². The molecule has 0 radical (unpaired) electrons. The van der Waals surface area contributed by atoms with Crippen molar-refractivity contribution in [2.24, 2.45) is 0 Å². The third-order valence-corrected chi connectivity index (χ3v) is 5.03. The highest BCUT2D eigenvalue weighted by Crippen LogP contribution is 2.29. The summed E-state index contributed by atoms with van der Waals surface area (Å²) in [5.41, 5.74) is 3.12. The van der Waals surface area contributed by atoms with Crippen molar-refractivity contribution in [3.63, 3.8) is 0 Å². The van der Waals surface area contributed by atoms with Crippen LogP contribution in [0, 0.1) is 17.0 Å². The molecule has 7 nitrogen and oxygen atoms in total. The highest BCUT2D eigenvalue weighted by atomic mass is 16.6. The Morgan fingerprint density at radius 1 is 1.03 bits per heavy atom. The van der Waals surface area contributed by atoms with Gasteiger partial charge in [0.25, 0.3) is 5.69 Å². The number of carbonyl (C=O) groups is 2. The van der Waals surface area contributed by atoms with Gasteiger partial charge in [-0.3, -0.25) is 14.9 Å². The largest absolute Gasteiger partial charge is 0.462 e. The molecule has 0 aliphatic heterocycles. The van der Waals surface area contributed by atoms with Crippen molar-refractivity contribution in [2.75, 3.05) is 6.61 Å². The SMILES string of the molecule is CCOC(=O)c1cc(C(=O)c2ccc([N+](=O)[O-])cc2)n2c1cc(C)c1ccccc12. The Balaban J connectivity index is 1.98. The Morgan fingerprint density at radius 2 is 1.73 bits per heavy atom. The van der Waals surface area contributed by atoms with Crippen LogP contribution in [0.3, 0.4) is 0 Å². The standard InChI is InChI=1S/C23H18N2O5/c1-3-30-23(27)18-13-21(22(26)15-8-10-16(11-9-15)25(28)29)24-19-7-5-4-6-17(19)14(2)12-20(18)24/h4-13H,3H2,1-2H3. The van der Waals surface area contributed by atoms with Crippen LogP contribution in [0.1, 0.15) is 38.9 Å². The molecule has 30 heavy (non-hydrogen) atoms. The molecule has 0 spiro atoms. The average molecular weight is 402 g/mol. The molecule has 0 aliphatic carbocycles. The first kappa shape index (κ1) is 19.3. The van der Waals surface area contributed by atoms with E-state index in [-0.39, 0.29) is 23.8 Å². The second-order valence-corrected chi connectivity index (χ2v) is 6.86. The van der Waals surface area contributed by atoms with Gasteiger partial charge in [0.15, 0.2) is 0 Å². The van der Waals surface area contributed by atoms with Gasteiger partial charge in [-0.05, 0) is 49.7 Å². The quantitative estimate of drug-likeness (QED) is 0.209. The number of esters is 1. The van der Waals surface area contributed by atoms with Gasteiger partial charge in [0.05, 0.1) is 33.8 Å². The summed E-state index contributed by atoms with van der Waals surface area (Å²) >= 11 is 0. The van der Waals surface area contributed by atoms with Crippen LogP contribution in [-0.2, 0) is 4.74 Å². The normalized spacial score (nSPS) is 11.0. The predicted octanol–water partition coefficient (Wildman–Crippen LogP) is 4.72. The van der Waals surface area contributed by atoms with E-state index in [4.69, 9.17) is 4.74 Å². The molecule has 0 amide bonds. The third kappa shape index (κ3) is 3.10. The lowest BCUT2D eigenvalue weighted by molar-refractivity contribution is -0.384. The molecule has 2 aromatic carbocycles. The Kier molecular flexibility index (Phi) is 4.79. The Labute approximate surface area is 171 Å². The first-order valence-corrected chi connectivity index (χ1v) is 9.42. The number of nitrogens with zero attached hydrogens (tertiary/aromatic N) is 2. The maximum Gasteiger partial charge on any atom is 0.340 e. The molecule has 2 heterocycles. The van der Waals surface area contributed by atoms with Gasteiger partial charge in [-0.2, -0.15) is 0 Å². The van der Waals surface area contributed by atoms with Gasteiger partial charge in [0.2, 0.25) is 5.78 Å². The number of benzene rings is 2. The molecule has 7 heteroatoms. The number of nitro benzene ring substituents is 1. The number of pyridine rings is 1. The zero-order chi connectivity index (χ0) is 21.4. The molecule has 0 saturated carbocycles. The number of para-hydroxylation sites is 1. The molecule has 2 aromatic heterocycles. The van der Waals surface area contributed by atoms with E-state index in [0.29, 0.717) is 16.6 Å². The number of hydrogen-bond acceptors (Lipinski definition) is 5. The van der Waals surface area contributed by atoms with E-state index < -0.39 is 10.9 Å². The topological polar surface area (TPSA) is 90.9 Å². The molecule has 150 valence electrons. The maximum atomic E-state index is 13.3. The van der Waals surface area contributed by atoms with Crippen LogP contribution in [-0.4, -0.2) is 27.7 Å². The number of ketones is 1. The molecule has 0 aliphatic rings. The van der Waals surface area contributed by atoms with Crippen molar-refractivity contribution in [1.29, 1.82) is 0 Å². The van der Waals surface area contributed by atoms with E-state index in [1.165, 1.54) is 30.3 Å². The van der Waals surface area contributed by atoms with Crippen LogP contribution in [0.15, 0.2) is 60.7 Å². The fraction of sp³-hybridized carbons (Fsp3) is 0.130. The fourth-order valence-electron chi connectivity index (χ4n) is 3.63. The summed E-state index contributed by atoms with van der Waals surface area (Å²) in [5.74, 6) is -0.850. The zero-order valence-electron chi connectivity index (χ0n) is 16.4. The molecular formula is C23H18N2O5. The van der Waals surface area contributed by atoms with E-state index in [1.807, 2.05) is 37.3 Å². The lowest BCUT2D eigenvalue weighted by Gasteiger charge is -2.10. The van der Waals surface area contributed by atoms with Crippen molar-refractivity contribution in [3.05, 3.63) is 93.2 Å². The van der Waals surface area contributed by atoms with E-state index >= 15 is 0 Å². The van der Waals surface area contributed by atoms with Crippen molar-refractivity contribution in [1.82, 2.24) is 4.40 Å². The van der Waals surface area contributed by atoms with E-state index in [1.54, 1.807) is 11.3 Å². The van der Waals surface area contributed by atoms with E-state index in [9.17, 15) is 19.7 Å². The van der Waals surface area contributed by atoms with Crippen molar-refractivity contribution >= 4 is 33.9 Å². The lowest BCUT2D eigenvalue weighted by Crippen LogP contribution is -2.06. The van der Waals surface area contributed by atoms with Crippen molar-refractivity contribution in [2.45, 2.75) is 13.8 Å². The minimum Gasteiger partial charge on any atom is -0.462 e. The van der Waals surface area contributed by atoms with Gasteiger partial charge in [-0.15, -0.1) is 0 Å². The number of rotatable bonds is 5. The molecule has 4 rings (SSSR count). The number of non-ortho nitro benzene ring substituents is 1. The monoisotopic (exact) mass is 402 g/mol. The Morgan fingerprint density at radius 3 is 2.40 bits per heavy atom. The summed E-state index contributed by atoms with van der Waals surface area (Å²) in [6.45, 7) is 3.89. The zero-order valence-corrected chi connectivity index (χ0v) is 16.4. The number of carbonyl (C=O) groups excluding carboxylic acids is 2. The smallest absolute Gasteiger partial charge is 0.340 e. The molecule has 0 bridgehead atoms. The highest BCUT2D eigenvalue weighted by Gasteiger charge is 2.23. The van der Waals surface area contributed by atoms with Crippen LogP contribution >= 0.6 is 0 Å². The van der Waals surface area contributed by atoms with Gasteiger partial charge in [-0.1, -0.05) is 18.2 Å². The number of hydrogen-bond donors (Lipinski definition) is 0. The first-order valence-electron chi connectivity index (χ1n) is 9.42. The summed E-state index contributed by atoms with van der Waals surface area (Å²) in [4.78, 5) is 36.3. The molecular weight excluding hydrogens is 384 g/mol. The molecule has 4 aromatic rings. The van der Waals surface area contributed by atoms with Crippen LogP contribution < -0.4 is 0 Å². The summed E-state index contributed by atoms with van der Waals surface area (Å²) in [5, 5.41) is 11.9. The number of aromatic nitrogens is 1. The molecule has 0 fully saturated rings. The second kappa shape index (κ2) is 7.44. The Bertz CT molecular complexity index is 1320. The highest BCUT2D eigenvalue weighted by molar-refractivity contribution is 6.12. The summed E-state index contributed by atoms with van der Waals surface area (Å²) < 4.78 is 6.94. The van der Waals surface area contributed by atoms with E-state index in [0.717, 1.165) is 16.5 Å². The average Bonchev–Trinajstić information content (AvgIpc) is 3.13. The van der Waals surface area contributed by atoms with Crippen molar-refractivity contribution < 1.29 is 19.2 Å². The predicted molar refractivity (Wildman–Crippen MR) is 112 cm³/mol.